The van der Waals surface area contributed by atoms with Crippen LogP contribution in [0.5, 0.6) is 0 Å². The molecular formula is C12H23N3O. The molecule has 1 aromatic rings. The summed E-state index contributed by atoms with van der Waals surface area (Å²) in [5.74, 6) is 0. The third-order valence-electron chi connectivity index (χ3n) is 3.00. The second-order valence-electron chi connectivity index (χ2n) is 4.46. The van der Waals surface area contributed by atoms with E-state index in [-0.39, 0.29) is 0 Å². The number of aliphatic hydroxyl groups is 1. The van der Waals surface area contributed by atoms with E-state index in [1.165, 1.54) is 0 Å². The Morgan fingerprint density at radius 3 is 2.62 bits per heavy atom. The fourth-order valence-electron chi connectivity index (χ4n) is 1.97. The van der Waals surface area contributed by atoms with Crippen LogP contribution in [0.15, 0.2) is 6.07 Å². The number of hydrogen-bond donors (Lipinski definition) is 2. The molecule has 0 saturated carbocycles. The fraction of sp³-hybridized carbons (Fsp3) is 0.750. The lowest BCUT2D eigenvalue weighted by atomic mass is 9.92. The molecule has 0 fully saturated rings. The summed E-state index contributed by atoms with van der Waals surface area (Å²) in [7, 11) is 1.91. The molecule has 16 heavy (non-hydrogen) atoms. The van der Waals surface area contributed by atoms with Crippen molar-refractivity contribution in [1.82, 2.24) is 9.78 Å². The van der Waals surface area contributed by atoms with Crippen LogP contribution in [0.25, 0.3) is 0 Å². The van der Waals surface area contributed by atoms with E-state index in [1.807, 2.05) is 11.7 Å². The van der Waals surface area contributed by atoms with Gasteiger partial charge in [-0.15, -0.1) is 0 Å². The fourth-order valence-corrected chi connectivity index (χ4v) is 1.97. The van der Waals surface area contributed by atoms with Gasteiger partial charge in [0.25, 0.3) is 0 Å². The first-order valence-corrected chi connectivity index (χ1v) is 5.99. The molecule has 4 nitrogen and oxygen atoms in total. The van der Waals surface area contributed by atoms with E-state index in [4.69, 9.17) is 5.73 Å². The maximum absolute atomic E-state index is 10.3. The third kappa shape index (κ3) is 3.06. The topological polar surface area (TPSA) is 64.1 Å². The lowest BCUT2D eigenvalue weighted by Crippen LogP contribution is -2.40. The van der Waals surface area contributed by atoms with E-state index in [0.29, 0.717) is 13.0 Å². The zero-order valence-corrected chi connectivity index (χ0v) is 10.5. The van der Waals surface area contributed by atoms with Crippen molar-refractivity contribution in [3.8, 4) is 0 Å². The van der Waals surface area contributed by atoms with Gasteiger partial charge in [-0.1, -0.05) is 20.3 Å². The van der Waals surface area contributed by atoms with Crippen LogP contribution < -0.4 is 5.73 Å². The Kier molecular flexibility index (Phi) is 4.50. The summed E-state index contributed by atoms with van der Waals surface area (Å²) in [5.41, 5.74) is 6.98. The van der Waals surface area contributed by atoms with E-state index >= 15 is 0 Å². The second kappa shape index (κ2) is 5.46. The molecule has 4 heteroatoms. The number of hydrogen-bond acceptors (Lipinski definition) is 3. The van der Waals surface area contributed by atoms with E-state index in [9.17, 15) is 5.11 Å². The predicted molar refractivity (Wildman–Crippen MR) is 65.2 cm³/mol. The Hall–Kier alpha value is -0.870. The molecule has 0 aromatic carbocycles. The average molecular weight is 225 g/mol. The number of aromatic nitrogens is 2. The molecule has 0 aliphatic carbocycles. The first-order valence-electron chi connectivity index (χ1n) is 5.99. The summed E-state index contributed by atoms with van der Waals surface area (Å²) < 4.78 is 1.84. The minimum Gasteiger partial charge on any atom is -0.388 e. The van der Waals surface area contributed by atoms with Crippen LogP contribution >= 0.6 is 0 Å². The number of aryl methyl sites for hydroxylation is 2. The molecule has 1 rings (SSSR count). The molecular weight excluding hydrogens is 202 g/mol. The van der Waals surface area contributed by atoms with Gasteiger partial charge in [0.15, 0.2) is 0 Å². The highest BCUT2D eigenvalue weighted by atomic mass is 16.3. The summed E-state index contributed by atoms with van der Waals surface area (Å²) in [6.07, 6.45) is 3.17. The first kappa shape index (κ1) is 13.2. The van der Waals surface area contributed by atoms with Gasteiger partial charge in [0.05, 0.1) is 11.3 Å². The van der Waals surface area contributed by atoms with Crippen molar-refractivity contribution >= 4 is 0 Å². The molecule has 1 aromatic heterocycles. The second-order valence-corrected chi connectivity index (χ2v) is 4.46. The van der Waals surface area contributed by atoms with Crippen molar-refractivity contribution in [2.45, 2.75) is 45.1 Å². The lowest BCUT2D eigenvalue weighted by Gasteiger charge is -2.25. The van der Waals surface area contributed by atoms with Gasteiger partial charge in [-0.05, 0) is 18.9 Å². The molecule has 0 aliphatic heterocycles. The Morgan fingerprint density at radius 2 is 2.19 bits per heavy atom. The first-order chi connectivity index (χ1) is 7.54. The summed E-state index contributed by atoms with van der Waals surface area (Å²) in [6, 6.07) is 2.05. The van der Waals surface area contributed by atoms with Crippen molar-refractivity contribution < 1.29 is 5.11 Å². The monoisotopic (exact) mass is 225 g/mol. The average Bonchev–Trinajstić information content (AvgIpc) is 2.60. The molecule has 1 heterocycles. The van der Waals surface area contributed by atoms with Gasteiger partial charge in [-0.2, -0.15) is 5.10 Å². The number of nitrogens with two attached hydrogens (primary N) is 1. The summed E-state index contributed by atoms with van der Waals surface area (Å²) in [6.45, 7) is 4.43. The van der Waals surface area contributed by atoms with Crippen molar-refractivity contribution in [3.63, 3.8) is 0 Å². The molecule has 0 aliphatic rings. The largest absolute Gasteiger partial charge is 0.388 e. The van der Waals surface area contributed by atoms with Gasteiger partial charge >= 0.3 is 0 Å². The predicted octanol–water partition coefficient (Wildman–Crippen LogP) is 1.01. The van der Waals surface area contributed by atoms with Gasteiger partial charge < -0.3 is 10.8 Å². The van der Waals surface area contributed by atoms with Crippen LogP contribution in [0.2, 0.25) is 0 Å². The third-order valence-corrected chi connectivity index (χ3v) is 3.00. The number of nitrogens with zero attached hydrogens (tertiary/aromatic N) is 2. The molecule has 1 unspecified atom stereocenters. The smallest absolute Gasteiger partial charge is 0.0824 e. The van der Waals surface area contributed by atoms with Gasteiger partial charge in [-0.3, -0.25) is 4.68 Å². The van der Waals surface area contributed by atoms with Gasteiger partial charge in [0.1, 0.15) is 0 Å². The maximum atomic E-state index is 10.3. The highest BCUT2D eigenvalue weighted by molar-refractivity contribution is 5.13. The van der Waals surface area contributed by atoms with Gasteiger partial charge in [0, 0.05) is 25.7 Å². The molecule has 0 radical (unpaired) electrons. The molecule has 0 bridgehead atoms. The summed E-state index contributed by atoms with van der Waals surface area (Å²) in [4.78, 5) is 0. The quantitative estimate of drug-likeness (QED) is 0.759. The van der Waals surface area contributed by atoms with E-state index in [0.717, 1.165) is 30.7 Å². The molecule has 92 valence electrons. The van der Waals surface area contributed by atoms with Crippen LogP contribution in [0.3, 0.4) is 0 Å². The van der Waals surface area contributed by atoms with Crippen molar-refractivity contribution in [1.29, 1.82) is 0 Å². The zero-order chi connectivity index (χ0) is 12.2. The maximum Gasteiger partial charge on any atom is 0.0824 e. The van der Waals surface area contributed by atoms with Crippen LogP contribution in [0.1, 0.15) is 38.1 Å². The lowest BCUT2D eigenvalue weighted by molar-refractivity contribution is 0.0381. The van der Waals surface area contributed by atoms with E-state index in [1.54, 1.807) is 0 Å². The van der Waals surface area contributed by atoms with Crippen molar-refractivity contribution in [2.75, 3.05) is 6.54 Å². The van der Waals surface area contributed by atoms with Gasteiger partial charge in [-0.25, -0.2) is 0 Å². The molecule has 3 N–H and O–H groups in total. The molecule has 0 amide bonds. The minimum absolute atomic E-state index is 0.299. The van der Waals surface area contributed by atoms with Gasteiger partial charge in [0.2, 0.25) is 0 Å². The van der Waals surface area contributed by atoms with Crippen LogP contribution in [-0.4, -0.2) is 27.0 Å². The molecule has 0 saturated heterocycles. The Labute approximate surface area is 97.5 Å². The van der Waals surface area contributed by atoms with E-state index < -0.39 is 5.60 Å². The van der Waals surface area contributed by atoms with E-state index in [2.05, 4.69) is 25.0 Å². The molecule has 0 spiro atoms. The number of rotatable bonds is 6. The summed E-state index contributed by atoms with van der Waals surface area (Å²) >= 11 is 0. The summed E-state index contributed by atoms with van der Waals surface area (Å²) in [5, 5.41) is 14.7. The Bertz CT molecular complexity index is 335. The highest BCUT2D eigenvalue weighted by Gasteiger charge is 2.26. The Balaban J connectivity index is 2.80. The SMILES string of the molecule is CCCC(O)(CN)Cc1cc(CC)nn1C. The zero-order valence-electron chi connectivity index (χ0n) is 10.5. The van der Waals surface area contributed by atoms with Crippen molar-refractivity contribution in [2.24, 2.45) is 12.8 Å². The van der Waals surface area contributed by atoms with Crippen LogP contribution in [-0.2, 0) is 19.9 Å². The Morgan fingerprint density at radius 1 is 1.50 bits per heavy atom. The highest BCUT2D eigenvalue weighted by Crippen LogP contribution is 2.18. The van der Waals surface area contributed by atoms with Crippen molar-refractivity contribution in [3.05, 3.63) is 17.5 Å². The minimum atomic E-state index is -0.784. The van der Waals surface area contributed by atoms with Crippen LogP contribution in [0, 0.1) is 0 Å². The molecule has 1 atom stereocenters. The standard InChI is InChI=1S/C12H23N3O/c1-4-6-12(16,9-13)8-11-7-10(5-2)14-15(11)3/h7,16H,4-6,8-9,13H2,1-3H3. The van der Waals surface area contributed by atoms with Crippen LogP contribution in [0.4, 0.5) is 0 Å². The normalized spacial score (nSPS) is 15.1.